The quantitative estimate of drug-likeness (QED) is 0.515. The molecule has 8 nitrogen and oxygen atoms in total. The van der Waals surface area contributed by atoms with E-state index in [0.29, 0.717) is 23.5 Å². The number of aliphatic hydroxyl groups excluding tert-OH is 3. The Balaban J connectivity index is 1.34. The Morgan fingerprint density at radius 1 is 1.12 bits per heavy atom. The van der Waals surface area contributed by atoms with Gasteiger partial charge in [-0.3, -0.25) is 0 Å². The number of carboxylic acid groups (broad SMARTS) is 1. The highest BCUT2D eigenvalue weighted by Crippen LogP contribution is 2.61. The largest absolute Gasteiger partial charge is 0.547 e. The fourth-order valence-electron chi connectivity index (χ4n) is 7.06. The van der Waals surface area contributed by atoms with Gasteiger partial charge in [0, 0.05) is 0 Å². The van der Waals surface area contributed by atoms with Gasteiger partial charge in [0.05, 0.1) is 12.1 Å². The third-order valence-corrected chi connectivity index (χ3v) is 8.72. The van der Waals surface area contributed by atoms with Crippen LogP contribution in [0.3, 0.4) is 0 Å². The van der Waals surface area contributed by atoms with Gasteiger partial charge in [0.1, 0.15) is 30.2 Å². The van der Waals surface area contributed by atoms with Crippen molar-refractivity contribution in [3.05, 3.63) is 29.3 Å². The summed E-state index contributed by atoms with van der Waals surface area (Å²) in [6, 6.07) is 5.71. The van der Waals surface area contributed by atoms with Crippen molar-refractivity contribution in [2.24, 2.45) is 17.3 Å². The van der Waals surface area contributed by atoms with Crippen LogP contribution in [0, 0.1) is 17.3 Å². The van der Waals surface area contributed by atoms with Gasteiger partial charge in [-0.1, -0.05) is 13.0 Å². The second-order valence-electron chi connectivity index (χ2n) is 10.3. The van der Waals surface area contributed by atoms with E-state index in [0.717, 1.165) is 38.5 Å². The van der Waals surface area contributed by atoms with Crippen molar-refractivity contribution < 1.29 is 39.8 Å². The Bertz CT molecular complexity index is 889. The summed E-state index contributed by atoms with van der Waals surface area (Å²) in [4.78, 5) is 11.3. The molecule has 4 N–H and O–H groups in total. The number of carboxylic acids is 1. The lowest BCUT2D eigenvalue weighted by atomic mass is 9.55. The summed E-state index contributed by atoms with van der Waals surface area (Å²) in [5.41, 5.74) is 2.42. The molecule has 1 aliphatic heterocycles. The molecular weight excluding hydrogens is 416 g/mol. The van der Waals surface area contributed by atoms with Crippen molar-refractivity contribution in [2.45, 2.75) is 88.2 Å². The van der Waals surface area contributed by atoms with Gasteiger partial charge in [0.2, 0.25) is 0 Å². The minimum Gasteiger partial charge on any atom is -0.547 e. The molecule has 0 amide bonds. The number of aliphatic carboxylic acids is 1. The zero-order valence-electron chi connectivity index (χ0n) is 18.1. The number of fused-ring (bicyclic) bond motifs is 5. The zero-order chi connectivity index (χ0) is 22.8. The number of phenols is 1. The van der Waals surface area contributed by atoms with Crippen LogP contribution < -0.4 is 5.11 Å². The van der Waals surface area contributed by atoms with Gasteiger partial charge < -0.3 is 39.8 Å². The Hall–Kier alpha value is -1.71. The fraction of sp³-hybridized carbons (Fsp3) is 0.708. The predicted molar refractivity (Wildman–Crippen MR) is 109 cm³/mol. The molecule has 4 aliphatic rings. The predicted octanol–water partition coefficient (Wildman–Crippen LogP) is 0.191. The molecule has 1 saturated heterocycles. The number of benzene rings is 1. The van der Waals surface area contributed by atoms with E-state index in [4.69, 9.17) is 9.47 Å². The molecule has 176 valence electrons. The van der Waals surface area contributed by atoms with Crippen molar-refractivity contribution in [2.75, 3.05) is 0 Å². The molecule has 0 radical (unpaired) electrons. The van der Waals surface area contributed by atoms with Crippen LogP contribution in [0.4, 0.5) is 0 Å². The first kappa shape index (κ1) is 22.1. The molecule has 3 fully saturated rings. The van der Waals surface area contributed by atoms with Gasteiger partial charge in [-0.05, 0) is 85.0 Å². The maximum absolute atomic E-state index is 11.3. The van der Waals surface area contributed by atoms with E-state index in [-0.39, 0.29) is 11.5 Å². The molecule has 5 rings (SSSR count). The summed E-state index contributed by atoms with van der Waals surface area (Å²) in [7, 11) is 0. The monoisotopic (exact) mass is 447 g/mol. The molecule has 0 spiro atoms. The number of ether oxygens (including phenoxy) is 2. The first-order valence-electron chi connectivity index (χ1n) is 11.6. The molecule has 3 aliphatic carbocycles. The summed E-state index contributed by atoms with van der Waals surface area (Å²) in [5.74, 6) is 0.0267. The van der Waals surface area contributed by atoms with E-state index in [1.807, 2.05) is 6.07 Å². The minimum absolute atomic E-state index is 0.156. The Labute approximate surface area is 186 Å². The Kier molecular flexibility index (Phi) is 5.49. The molecule has 0 unspecified atom stereocenters. The molecule has 2 saturated carbocycles. The Morgan fingerprint density at radius 3 is 2.66 bits per heavy atom. The lowest BCUT2D eigenvalue weighted by Crippen LogP contribution is -2.63. The first-order valence-corrected chi connectivity index (χ1v) is 11.6. The van der Waals surface area contributed by atoms with Crippen LogP contribution in [0.15, 0.2) is 18.2 Å². The number of phenolic OH excluding ortho intramolecular Hbond substituents is 1. The standard InChI is InChI=1S/C24H32O8/c1-24-9-8-14-13-5-3-12(25)10-11(13)2-4-15(14)16(24)6-7-17(24)31-23-20(28)18(26)19(27)21(32-23)22(29)30/h3,5,10,14-21,23,25-28H,2,4,6-9H2,1H3,(H,29,30)/p-1/t14-,15-,16+,17+,18+,19+,20-,21+,23-,24+/m1/s1. The van der Waals surface area contributed by atoms with Gasteiger partial charge in [-0.15, -0.1) is 0 Å². The van der Waals surface area contributed by atoms with Crippen molar-refractivity contribution >= 4 is 5.97 Å². The number of aryl methyl sites for hydroxylation is 1. The van der Waals surface area contributed by atoms with Crippen molar-refractivity contribution in [1.29, 1.82) is 0 Å². The van der Waals surface area contributed by atoms with Gasteiger partial charge in [0.25, 0.3) is 0 Å². The molecular formula is C24H31O8-. The van der Waals surface area contributed by atoms with E-state index < -0.39 is 36.7 Å². The number of hydrogen-bond acceptors (Lipinski definition) is 8. The second kappa shape index (κ2) is 7.95. The minimum atomic E-state index is -1.78. The van der Waals surface area contributed by atoms with E-state index in [1.54, 1.807) is 6.07 Å². The fourth-order valence-corrected chi connectivity index (χ4v) is 7.06. The molecule has 1 heterocycles. The summed E-state index contributed by atoms with van der Waals surface area (Å²) < 4.78 is 11.5. The van der Waals surface area contributed by atoms with Gasteiger partial charge in [-0.25, -0.2) is 0 Å². The van der Waals surface area contributed by atoms with E-state index in [1.165, 1.54) is 11.1 Å². The second-order valence-corrected chi connectivity index (χ2v) is 10.3. The van der Waals surface area contributed by atoms with Crippen LogP contribution in [0.25, 0.3) is 0 Å². The van der Waals surface area contributed by atoms with Crippen LogP contribution in [-0.4, -0.2) is 63.2 Å². The van der Waals surface area contributed by atoms with Crippen molar-refractivity contribution in [3.63, 3.8) is 0 Å². The molecule has 8 heteroatoms. The molecule has 0 aromatic heterocycles. The number of carbonyl (C=O) groups excluding carboxylic acids is 1. The first-order chi connectivity index (χ1) is 15.2. The molecule has 10 atom stereocenters. The van der Waals surface area contributed by atoms with Crippen molar-refractivity contribution in [3.8, 4) is 5.75 Å². The van der Waals surface area contributed by atoms with Gasteiger partial charge in [0.15, 0.2) is 6.29 Å². The van der Waals surface area contributed by atoms with Gasteiger partial charge >= 0.3 is 0 Å². The molecule has 1 aromatic rings. The van der Waals surface area contributed by atoms with Crippen LogP contribution >= 0.6 is 0 Å². The number of aromatic hydroxyl groups is 1. The van der Waals surface area contributed by atoms with Gasteiger partial charge in [-0.2, -0.15) is 0 Å². The highest BCUT2D eigenvalue weighted by Gasteiger charge is 2.57. The maximum Gasteiger partial charge on any atom is 0.187 e. The SMILES string of the molecule is C[C@]12CC[C@@H]3c4ccc(O)cc4CC[C@H]3[C@@H]1CC[C@@H]2O[C@@H]1O[C@H](C(=O)[O-])[C@@H](O)[C@H](O)[C@H]1O. The number of aliphatic hydroxyl groups is 3. The highest BCUT2D eigenvalue weighted by atomic mass is 16.7. The van der Waals surface area contributed by atoms with E-state index >= 15 is 0 Å². The zero-order valence-corrected chi connectivity index (χ0v) is 18.1. The lowest BCUT2D eigenvalue weighted by molar-refractivity contribution is -0.355. The topological polar surface area (TPSA) is 140 Å². The molecule has 1 aromatic carbocycles. The number of hydrogen-bond donors (Lipinski definition) is 4. The summed E-state index contributed by atoms with van der Waals surface area (Å²) in [6.45, 7) is 2.20. The van der Waals surface area contributed by atoms with E-state index in [9.17, 15) is 30.3 Å². The summed E-state index contributed by atoms with van der Waals surface area (Å²) >= 11 is 0. The van der Waals surface area contributed by atoms with Crippen LogP contribution in [0.1, 0.15) is 56.1 Å². The smallest absolute Gasteiger partial charge is 0.187 e. The third-order valence-electron chi connectivity index (χ3n) is 8.72. The summed E-state index contributed by atoms with van der Waals surface area (Å²) in [5, 5.41) is 51.5. The average Bonchev–Trinajstić information content (AvgIpc) is 3.09. The number of rotatable bonds is 3. The Morgan fingerprint density at radius 2 is 1.91 bits per heavy atom. The average molecular weight is 448 g/mol. The normalized spacial score (nSPS) is 45.6. The van der Waals surface area contributed by atoms with E-state index in [2.05, 4.69) is 13.0 Å². The van der Waals surface area contributed by atoms with Crippen molar-refractivity contribution in [1.82, 2.24) is 0 Å². The maximum atomic E-state index is 11.3. The molecule has 0 bridgehead atoms. The van der Waals surface area contributed by atoms with Crippen LogP contribution in [0.5, 0.6) is 5.75 Å². The summed E-state index contributed by atoms with van der Waals surface area (Å²) in [6.07, 6.45) is -2.75. The third kappa shape index (κ3) is 3.35. The highest BCUT2D eigenvalue weighted by molar-refractivity contribution is 5.71. The van der Waals surface area contributed by atoms with Crippen LogP contribution in [-0.2, 0) is 20.7 Å². The van der Waals surface area contributed by atoms with Crippen LogP contribution in [0.2, 0.25) is 0 Å². The lowest BCUT2D eigenvalue weighted by Gasteiger charge is -2.51. The number of carbonyl (C=O) groups is 1. The molecule has 32 heavy (non-hydrogen) atoms.